The molecule has 2 aromatic rings. The van der Waals surface area contributed by atoms with Gasteiger partial charge in [-0.2, -0.15) is 0 Å². The highest BCUT2D eigenvalue weighted by Crippen LogP contribution is 2.32. The minimum Gasteiger partial charge on any atom is -0.478 e. The SMILES string of the molecule is NC(O)(C(=O)O)C(c1ccccc1)c1ccccc1. The molecule has 4 N–H and O–H groups in total. The maximum atomic E-state index is 11.2. The van der Waals surface area contributed by atoms with Gasteiger partial charge < -0.3 is 10.2 Å². The van der Waals surface area contributed by atoms with Crippen LogP contribution in [0.2, 0.25) is 0 Å². The van der Waals surface area contributed by atoms with E-state index < -0.39 is 17.6 Å². The van der Waals surface area contributed by atoms with Crippen LogP contribution in [-0.2, 0) is 4.79 Å². The largest absolute Gasteiger partial charge is 0.478 e. The zero-order valence-electron chi connectivity index (χ0n) is 10.2. The van der Waals surface area contributed by atoms with Crippen molar-refractivity contribution in [1.29, 1.82) is 0 Å². The number of nitrogens with two attached hydrogens (primary N) is 1. The van der Waals surface area contributed by atoms with Crippen LogP contribution in [0.4, 0.5) is 0 Å². The van der Waals surface area contributed by atoms with Gasteiger partial charge in [0, 0.05) is 0 Å². The van der Waals surface area contributed by atoms with E-state index in [4.69, 9.17) is 10.8 Å². The summed E-state index contributed by atoms with van der Waals surface area (Å²) in [5, 5.41) is 19.3. The Labute approximate surface area is 111 Å². The fourth-order valence-electron chi connectivity index (χ4n) is 2.12. The first-order chi connectivity index (χ1) is 9.03. The molecule has 0 amide bonds. The molecule has 19 heavy (non-hydrogen) atoms. The average molecular weight is 257 g/mol. The maximum absolute atomic E-state index is 11.2. The van der Waals surface area contributed by atoms with Gasteiger partial charge >= 0.3 is 5.97 Å². The molecule has 0 aliphatic rings. The van der Waals surface area contributed by atoms with Crippen LogP contribution in [0.1, 0.15) is 17.0 Å². The average Bonchev–Trinajstić information content (AvgIpc) is 2.41. The monoisotopic (exact) mass is 257 g/mol. The molecule has 1 unspecified atom stereocenters. The zero-order valence-corrected chi connectivity index (χ0v) is 10.2. The summed E-state index contributed by atoms with van der Waals surface area (Å²) in [5.74, 6) is -2.28. The number of hydrogen-bond donors (Lipinski definition) is 3. The van der Waals surface area contributed by atoms with E-state index in [0.717, 1.165) is 0 Å². The smallest absolute Gasteiger partial charge is 0.352 e. The molecule has 0 spiro atoms. The minimum atomic E-state index is -2.36. The van der Waals surface area contributed by atoms with Crippen LogP contribution in [0.3, 0.4) is 0 Å². The summed E-state index contributed by atoms with van der Waals surface area (Å²) < 4.78 is 0. The van der Waals surface area contributed by atoms with Crippen LogP contribution in [0.15, 0.2) is 60.7 Å². The summed E-state index contributed by atoms with van der Waals surface area (Å²) in [7, 11) is 0. The third kappa shape index (κ3) is 2.65. The van der Waals surface area contributed by atoms with Crippen molar-refractivity contribution >= 4 is 5.97 Å². The van der Waals surface area contributed by atoms with Crippen molar-refractivity contribution in [2.75, 3.05) is 0 Å². The van der Waals surface area contributed by atoms with E-state index >= 15 is 0 Å². The number of carbonyl (C=O) groups is 1. The first-order valence-electron chi connectivity index (χ1n) is 5.88. The van der Waals surface area contributed by atoms with Gasteiger partial charge in [-0.15, -0.1) is 0 Å². The number of hydrogen-bond acceptors (Lipinski definition) is 3. The fourth-order valence-corrected chi connectivity index (χ4v) is 2.12. The molecule has 0 aromatic heterocycles. The Morgan fingerprint density at radius 3 is 1.63 bits per heavy atom. The van der Waals surface area contributed by atoms with E-state index in [9.17, 15) is 9.90 Å². The second-order valence-corrected chi connectivity index (χ2v) is 4.38. The van der Waals surface area contributed by atoms with Gasteiger partial charge in [-0.3, -0.25) is 5.73 Å². The molecule has 0 bridgehead atoms. The molecule has 2 aromatic carbocycles. The second kappa shape index (κ2) is 5.22. The summed E-state index contributed by atoms with van der Waals surface area (Å²) in [6, 6.07) is 17.8. The maximum Gasteiger partial charge on any atom is 0.352 e. The Morgan fingerprint density at radius 2 is 1.32 bits per heavy atom. The Morgan fingerprint density at radius 1 is 0.947 bits per heavy atom. The van der Waals surface area contributed by atoms with Crippen molar-refractivity contribution in [3.8, 4) is 0 Å². The van der Waals surface area contributed by atoms with Crippen LogP contribution >= 0.6 is 0 Å². The predicted octanol–water partition coefficient (Wildman–Crippen LogP) is 1.55. The highest BCUT2D eigenvalue weighted by Gasteiger charge is 2.42. The number of carboxylic acid groups (broad SMARTS) is 1. The van der Waals surface area contributed by atoms with E-state index in [2.05, 4.69) is 0 Å². The Bertz CT molecular complexity index is 513. The van der Waals surface area contributed by atoms with Crippen molar-refractivity contribution in [2.24, 2.45) is 5.73 Å². The van der Waals surface area contributed by atoms with Gasteiger partial charge in [0.05, 0.1) is 5.92 Å². The highest BCUT2D eigenvalue weighted by molar-refractivity contribution is 5.78. The van der Waals surface area contributed by atoms with E-state index in [0.29, 0.717) is 11.1 Å². The Balaban J connectivity index is 2.55. The second-order valence-electron chi connectivity index (χ2n) is 4.38. The molecule has 0 saturated carbocycles. The van der Waals surface area contributed by atoms with Crippen LogP contribution in [0.5, 0.6) is 0 Å². The highest BCUT2D eigenvalue weighted by atomic mass is 16.4. The normalized spacial score (nSPS) is 14.1. The van der Waals surface area contributed by atoms with Gasteiger partial charge in [0.15, 0.2) is 0 Å². The fraction of sp³-hybridized carbons (Fsp3) is 0.133. The van der Waals surface area contributed by atoms with Crippen LogP contribution in [0, 0.1) is 0 Å². The van der Waals surface area contributed by atoms with Crippen molar-refractivity contribution < 1.29 is 15.0 Å². The van der Waals surface area contributed by atoms with E-state index in [1.165, 1.54) is 0 Å². The standard InChI is InChI=1S/C15H15NO3/c16-15(19,14(17)18)13(11-7-3-1-4-8-11)12-9-5-2-6-10-12/h1-10,13,19H,16H2,(H,17,18). The third-order valence-corrected chi connectivity index (χ3v) is 3.05. The molecule has 98 valence electrons. The molecule has 2 rings (SSSR count). The number of benzene rings is 2. The number of carboxylic acids is 1. The number of rotatable bonds is 4. The topological polar surface area (TPSA) is 83.5 Å². The molecule has 0 radical (unpaired) electrons. The van der Waals surface area contributed by atoms with Crippen LogP contribution in [-0.4, -0.2) is 21.9 Å². The molecular weight excluding hydrogens is 242 g/mol. The summed E-state index contributed by atoms with van der Waals surface area (Å²) >= 11 is 0. The Kier molecular flexibility index (Phi) is 3.64. The van der Waals surface area contributed by atoms with E-state index in [1.807, 2.05) is 12.1 Å². The lowest BCUT2D eigenvalue weighted by molar-refractivity contribution is -0.159. The lowest BCUT2D eigenvalue weighted by Gasteiger charge is -2.29. The van der Waals surface area contributed by atoms with E-state index in [-0.39, 0.29) is 0 Å². The van der Waals surface area contributed by atoms with Crippen molar-refractivity contribution in [3.63, 3.8) is 0 Å². The molecule has 0 fully saturated rings. The summed E-state index contributed by atoms with van der Waals surface area (Å²) in [6.45, 7) is 0. The first kappa shape index (κ1) is 13.3. The molecular formula is C15H15NO3. The molecule has 0 aliphatic carbocycles. The summed E-state index contributed by atoms with van der Waals surface area (Å²) in [4.78, 5) is 11.2. The lowest BCUT2D eigenvalue weighted by atomic mass is 9.83. The molecule has 4 nitrogen and oxygen atoms in total. The molecule has 0 heterocycles. The quantitative estimate of drug-likeness (QED) is 0.726. The number of aliphatic hydroxyl groups is 1. The minimum absolute atomic E-state index is 0.654. The van der Waals surface area contributed by atoms with Gasteiger partial charge in [0.25, 0.3) is 0 Å². The number of aliphatic carboxylic acids is 1. The predicted molar refractivity (Wildman–Crippen MR) is 71.5 cm³/mol. The third-order valence-electron chi connectivity index (χ3n) is 3.05. The zero-order chi connectivity index (χ0) is 13.9. The Hall–Kier alpha value is -2.17. The summed E-state index contributed by atoms with van der Waals surface area (Å²) in [5.41, 5.74) is 4.57. The van der Waals surface area contributed by atoms with Crippen LogP contribution in [0.25, 0.3) is 0 Å². The molecule has 1 atom stereocenters. The molecule has 0 saturated heterocycles. The first-order valence-corrected chi connectivity index (χ1v) is 5.88. The van der Waals surface area contributed by atoms with Crippen molar-refractivity contribution in [1.82, 2.24) is 0 Å². The van der Waals surface area contributed by atoms with Crippen molar-refractivity contribution in [3.05, 3.63) is 71.8 Å². The lowest BCUT2D eigenvalue weighted by Crippen LogP contribution is -2.53. The van der Waals surface area contributed by atoms with Gasteiger partial charge in [0.1, 0.15) is 0 Å². The summed E-state index contributed by atoms with van der Waals surface area (Å²) in [6.07, 6.45) is 0. The van der Waals surface area contributed by atoms with Gasteiger partial charge in [-0.25, -0.2) is 4.79 Å². The van der Waals surface area contributed by atoms with Crippen LogP contribution < -0.4 is 5.73 Å². The van der Waals surface area contributed by atoms with E-state index in [1.54, 1.807) is 48.5 Å². The van der Waals surface area contributed by atoms with Gasteiger partial charge in [0.2, 0.25) is 5.72 Å². The van der Waals surface area contributed by atoms with Crippen molar-refractivity contribution in [2.45, 2.75) is 11.6 Å². The molecule has 0 aliphatic heterocycles. The van der Waals surface area contributed by atoms with Gasteiger partial charge in [-0.1, -0.05) is 60.7 Å². The van der Waals surface area contributed by atoms with Gasteiger partial charge in [-0.05, 0) is 11.1 Å². The molecule has 4 heteroatoms.